The second-order valence-corrected chi connectivity index (χ2v) is 4.60. The summed E-state index contributed by atoms with van der Waals surface area (Å²) in [5, 5.41) is 0. The molecule has 4 heteroatoms. The van der Waals surface area contributed by atoms with Crippen LogP contribution in [0.1, 0.15) is 22.7 Å². The summed E-state index contributed by atoms with van der Waals surface area (Å²) in [5.74, 6) is 7.42. The molecule has 2 aromatic rings. The Morgan fingerprint density at radius 2 is 1.60 bits per heavy atom. The number of ether oxygens (including phenoxy) is 2. The lowest BCUT2D eigenvalue weighted by Crippen LogP contribution is -2.28. The number of methoxy groups -OCH3 is 2. The van der Waals surface area contributed by atoms with Crippen molar-refractivity contribution >= 4 is 0 Å². The molecule has 1 unspecified atom stereocenters. The predicted octanol–water partition coefficient (Wildman–Crippen LogP) is 2.56. The van der Waals surface area contributed by atoms with Crippen molar-refractivity contribution < 1.29 is 9.47 Å². The molecule has 3 N–H and O–H groups in total. The van der Waals surface area contributed by atoms with E-state index in [4.69, 9.17) is 15.3 Å². The molecular formula is C16H20N2O2. The fourth-order valence-corrected chi connectivity index (χ4v) is 2.26. The highest BCUT2D eigenvalue weighted by molar-refractivity contribution is 5.41. The van der Waals surface area contributed by atoms with E-state index in [1.165, 1.54) is 0 Å². The third-order valence-corrected chi connectivity index (χ3v) is 3.37. The lowest BCUT2D eigenvalue weighted by Gasteiger charge is -2.18. The van der Waals surface area contributed by atoms with Crippen LogP contribution in [0, 0.1) is 6.92 Å². The van der Waals surface area contributed by atoms with E-state index in [1.54, 1.807) is 14.2 Å². The van der Waals surface area contributed by atoms with Crippen LogP contribution in [0.2, 0.25) is 0 Å². The van der Waals surface area contributed by atoms with Gasteiger partial charge in [-0.15, -0.1) is 0 Å². The van der Waals surface area contributed by atoms with E-state index in [9.17, 15) is 0 Å². The summed E-state index contributed by atoms with van der Waals surface area (Å²) in [7, 11) is 3.32. The molecule has 0 saturated carbocycles. The van der Waals surface area contributed by atoms with Crippen molar-refractivity contribution in [2.24, 2.45) is 5.84 Å². The summed E-state index contributed by atoms with van der Waals surface area (Å²) in [4.78, 5) is 0. The standard InChI is InChI=1S/C16H20N2O2/c1-11-10-13(6-9-15(11)20-3)16(18-17)12-4-7-14(19-2)8-5-12/h4-10,16,18H,17H2,1-3H3. The van der Waals surface area contributed by atoms with Gasteiger partial charge in [-0.3, -0.25) is 5.84 Å². The molecule has 2 aromatic carbocycles. The maximum atomic E-state index is 5.72. The van der Waals surface area contributed by atoms with Crippen molar-refractivity contribution in [3.05, 3.63) is 59.2 Å². The van der Waals surface area contributed by atoms with Gasteiger partial charge in [-0.1, -0.05) is 24.3 Å². The molecule has 0 bridgehead atoms. The fraction of sp³-hybridized carbons (Fsp3) is 0.250. The van der Waals surface area contributed by atoms with Gasteiger partial charge in [-0.2, -0.15) is 0 Å². The molecule has 0 aliphatic carbocycles. The average molecular weight is 272 g/mol. The Hall–Kier alpha value is -2.04. The van der Waals surface area contributed by atoms with Gasteiger partial charge in [0.2, 0.25) is 0 Å². The number of hydrazine groups is 1. The summed E-state index contributed by atoms with van der Waals surface area (Å²) in [6.07, 6.45) is 0. The SMILES string of the molecule is COc1ccc(C(NN)c2ccc(OC)c(C)c2)cc1. The van der Waals surface area contributed by atoms with Gasteiger partial charge in [0.15, 0.2) is 0 Å². The highest BCUT2D eigenvalue weighted by atomic mass is 16.5. The van der Waals surface area contributed by atoms with Crippen LogP contribution in [0.5, 0.6) is 11.5 Å². The van der Waals surface area contributed by atoms with Gasteiger partial charge in [-0.05, 0) is 41.8 Å². The van der Waals surface area contributed by atoms with Gasteiger partial charge in [0.1, 0.15) is 11.5 Å². The van der Waals surface area contributed by atoms with E-state index in [0.29, 0.717) is 0 Å². The van der Waals surface area contributed by atoms with Crippen LogP contribution in [0.3, 0.4) is 0 Å². The minimum absolute atomic E-state index is 0.0643. The van der Waals surface area contributed by atoms with Crippen LogP contribution < -0.4 is 20.7 Å². The van der Waals surface area contributed by atoms with Gasteiger partial charge < -0.3 is 9.47 Å². The Morgan fingerprint density at radius 1 is 0.950 bits per heavy atom. The minimum atomic E-state index is -0.0643. The maximum absolute atomic E-state index is 5.72. The second kappa shape index (κ2) is 6.41. The van der Waals surface area contributed by atoms with E-state index < -0.39 is 0 Å². The van der Waals surface area contributed by atoms with E-state index >= 15 is 0 Å². The van der Waals surface area contributed by atoms with Crippen LogP contribution in [0.25, 0.3) is 0 Å². The number of benzene rings is 2. The van der Waals surface area contributed by atoms with Crippen LogP contribution in [0.4, 0.5) is 0 Å². The molecule has 0 heterocycles. The first-order valence-electron chi connectivity index (χ1n) is 6.44. The predicted molar refractivity (Wildman–Crippen MR) is 79.9 cm³/mol. The number of rotatable bonds is 5. The molecule has 0 amide bonds. The molecule has 0 aromatic heterocycles. The normalized spacial score (nSPS) is 12.0. The zero-order valence-corrected chi connectivity index (χ0v) is 12.0. The van der Waals surface area contributed by atoms with Crippen molar-refractivity contribution in [1.82, 2.24) is 5.43 Å². The average Bonchev–Trinajstić information content (AvgIpc) is 2.49. The Labute approximate surface area is 119 Å². The molecule has 20 heavy (non-hydrogen) atoms. The Bertz CT molecular complexity index is 567. The third-order valence-electron chi connectivity index (χ3n) is 3.37. The number of aryl methyl sites for hydroxylation is 1. The van der Waals surface area contributed by atoms with Gasteiger partial charge >= 0.3 is 0 Å². The Kier molecular flexibility index (Phi) is 4.61. The minimum Gasteiger partial charge on any atom is -0.497 e. The molecule has 106 valence electrons. The first-order valence-corrected chi connectivity index (χ1v) is 6.44. The number of nitrogens with one attached hydrogen (secondary N) is 1. The van der Waals surface area contributed by atoms with Crippen molar-refractivity contribution in [2.75, 3.05) is 14.2 Å². The zero-order valence-electron chi connectivity index (χ0n) is 12.0. The third kappa shape index (κ3) is 2.92. The van der Waals surface area contributed by atoms with Crippen molar-refractivity contribution in [3.8, 4) is 11.5 Å². The molecule has 0 fully saturated rings. The highest BCUT2D eigenvalue weighted by Gasteiger charge is 2.13. The van der Waals surface area contributed by atoms with E-state index in [0.717, 1.165) is 28.2 Å². The first-order chi connectivity index (χ1) is 9.69. The van der Waals surface area contributed by atoms with Crippen molar-refractivity contribution in [2.45, 2.75) is 13.0 Å². The summed E-state index contributed by atoms with van der Waals surface area (Å²) in [6, 6.07) is 13.8. The number of nitrogens with two attached hydrogens (primary N) is 1. The van der Waals surface area contributed by atoms with Crippen molar-refractivity contribution in [1.29, 1.82) is 0 Å². The monoisotopic (exact) mass is 272 g/mol. The van der Waals surface area contributed by atoms with E-state index in [-0.39, 0.29) is 6.04 Å². The molecule has 0 aliphatic heterocycles. The summed E-state index contributed by atoms with van der Waals surface area (Å²) in [6.45, 7) is 2.02. The maximum Gasteiger partial charge on any atom is 0.121 e. The molecule has 2 rings (SSSR count). The molecule has 1 atom stereocenters. The van der Waals surface area contributed by atoms with Gasteiger partial charge in [0.05, 0.1) is 20.3 Å². The van der Waals surface area contributed by atoms with Crippen LogP contribution >= 0.6 is 0 Å². The first kappa shape index (κ1) is 14.4. The van der Waals surface area contributed by atoms with E-state index in [2.05, 4.69) is 11.5 Å². The molecule has 0 saturated heterocycles. The molecule has 4 nitrogen and oxygen atoms in total. The lowest BCUT2D eigenvalue weighted by atomic mass is 9.97. The van der Waals surface area contributed by atoms with Crippen LogP contribution in [-0.2, 0) is 0 Å². The Morgan fingerprint density at radius 3 is 2.10 bits per heavy atom. The second-order valence-electron chi connectivity index (χ2n) is 4.60. The smallest absolute Gasteiger partial charge is 0.121 e. The number of hydrogen-bond donors (Lipinski definition) is 2. The summed E-state index contributed by atoms with van der Waals surface area (Å²) in [5.41, 5.74) is 6.11. The molecule has 0 radical (unpaired) electrons. The van der Waals surface area contributed by atoms with Crippen molar-refractivity contribution in [3.63, 3.8) is 0 Å². The molecule has 0 spiro atoms. The fourth-order valence-electron chi connectivity index (χ4n) is 2.26. The highest BCUT2D eigenvalue weighted by Crippen LogP contribution is 2.27. The molecular weight excluding hydrogens is 252 g/mol. The quantitative estimate of drug-likeness (QED) is 0.649. The largest absolute Gasteiger partial charge is 0.497 e. The molecule has 0 aliphatic rings. The number of hydrogen-bond acceptors (Lipinski definition) is 4. The van der Waals surface area contributed by atoms with Gasteiger partial charge in [0.25, 0.3) is 0 Å². The summed E-state index contributed by atoms with van der Waals surface area (Å²) >= 11 is 0. The van der Waals surface area contributed by atoms with E-state index in [1.807, 2.05) is 43.3 Å². The lowest BCUT2D eigenvalue weighted by molar-refractivity contribution is 0.411. The van der Waals surface area contributed by atoms with Crippen LogP contribution in [0.15, 0.2) is 42.5 Å². The van der Waals surface area contributed by atoms with Gasteiger partial charge in [-0.25, -0.2) is 5.43 Å². The topological polar surface area (TPSA) is 56.5 Å². The Balaban J connectivity index is 2.33. The zero-order chi connectivity index (χ0) is 14.5. The summed E-state index contributed by atoms with van der Waals surface area (Å²) < 4.78 is 10.5. The van der Waals surface area contributed by atoms with Gasteiger partial charge in [0, 0.05) is 0 Å². The van der Waals surface area contributed by atoms with Crippen LogP contribution in [-0.4, -0.2) is 14.2 Å².